The maximum absolute atomic E-state index is 11.7. The van der Waals surface area contributed by atoms with Crippen LogP contribution in [0.4, 0.5) is 0 Å². The smallest absolute Gasteiger partial charge is 0.222 e. The lowest BCUT2D eigenvalue weighted by atomic mass is 10.0. The molecule has 3 rings (SSSR count). The van der Waals surface area contributed by atoms with Crippen molar-refractivity contribution in [2.45, 2.75) is 26.4 Å². The maximum Gasteiger partial charge on any atom is 0.222 e. The Hall–Kier alpha value is -2.43. The largest absolute Gasteiger partial charge is 0.487 e. The molecule has 1 aliphatic rings. The molecule has 2 aromatic rings. The monoisotopic (exact) mass is 297 g/mol. The quantitative estimate of drug-likeness (QED) is 0.940. The SMILES string of the molecule is CC(C)C(=O)NC[C@@H]1Cc2cccc(-c3cncnc3)c2O1. The van der Waals surface area contributed by atoms with Gasteiger partial charge in [-0.2, -0.15) is 0 Å². The fourth-order valence-electron chi connectivity index (χ4n) is 2.54. The lowest BCUT2D eigenvalue weighted by molar-refractivity contribution is -0.124. The summed E-state index contributed by atoms with van der Waals surface area (Å²) in [5.74, 6) is 0.915. The van der Waals surface area contributed by atoms with Crippen molar-refractivity contribution >= 4 is 5.91 Å². The van der Waals surface area contributed by atoms with Gasteiger partial charge in [0.2, 0.25) is 5.91 Å². The molecule has 1 aromatic carbocycles. The fourth-order valence-corrected chi connectivity index (χ4v) is 2.54. The predicted octanol–water partition coefficient (Wildman–Crippen LogP) is 2.22. The number of para-hydroxylation sites is 1. The van der Waals surface area contributed by atoms with Gasteiger partial charge in [-0.1, -0.05) is 32.0 Å². The third kappa shape index (κ3) is 2.93. The highest BCUT2D eigenvalue weighted by Gasteiger charge is 2.26. The molecule has 1 atom stereocenters. The van der Waals surface area contributed by atoms with Crippen LogP contribution in [0.15, 0.2) is 36.9 Å². The number of fused-ring (bicyclic) bond motifs is 1. The van der Waals surface area contributed by atoms with E-state index < -0.39 is 0 Å². The first-order valence-electron chi connectivity index (χ1n) is 7.47. The van der Waals surface area contributed by atoms with Crippen molar-refractivity contribution in [3.63, 3.8) is 0 Å². The molecule has 114 valence electrons. The van der Waals surface area contributed by atoms with E-state index in [1.54, 1.807) is 12.4 Å². The van der Waals surface area contributed by atoms with Gasteiger partial charge < -0.3 is 10.1 Å². The Bertz CT molecular complexity index is 671. The number of hydrogen-bond acceptors (Lipinski definition) is 4. The second-order valence-electron chi connectivity index (χ2n) is 5.76. The molecule has 1 aromatic heterocycles. The molecule has 0 fully saturated rings. The first kappa shape index (κ1) is 14.5. The summed E-state index contributed by atoms with van der Waals surface area (Å²) in [5, 5.41) is 2.93. The second kappa shape index (κ2) is 6.13. The van der Waals surface area contributed by atoms with E-state index in [9.17, 15) is 4.79 Å². The first-order valence-corrected chi connectivity index (χ1v) is 7.47. The van der Waals surface area contributed by atoms with Crippen molar-refractivity contribution in [3.05, 3.63) is 42.5 Å². The third-order valence-electron chi connectivity index (χ3n) is 3.73. The Morgan fingerprint density at radius 2 is 2.14 bits per heavy atom. The summed E-state index contributed by atoms with van der Waals surface area (Å²) in [6.45, 7) is 4.29. The molecule has 5 heteroatoms. The number of benzene rings is 1. The Labute approximate surface area is 129 Å². The number of ether oxygens (including phenoxy) is 1. The number of aromatic nitrogens is 2. The fraction of sp³-hybridized carbons (Fsp3) is 0.353. The number of carbonyl (C=O) groups is 1. The van der Waals surface area contributed by atoms with E-state index >= 15 is 0 Å². The molecule has 2 heterocycles. The molecule has 22 heavy (non-hydrogen) atoms. The zero-order valence-corrected chi connectivity index (χ0v) is 12.7. The number of rotatable bonds is 4. The van der Waals surface area contributed by atoms with E-state index in [1.165, 1.54) is 6.33 Å². The molecule has 0 spiro atoms. The average molecular weight is 297 g/mol. The minimum atomic E-state index is -0.0246. The highest BCUT2D eigenvalue weighted by Crippen LogP contribution is 2.38. The summed E-state index contributed by atoms with van der Waals surface area (Å²) in [6.07, 6.45) is 5.84. The Kier molecular flexibility index (Phi) is 4.04. The van der Waals surface area contributed by atoms with E-state index in [1.807, 2.05) is 26.0 Å². The van der Waals surface area contributed by atoms with Crippen molar-refractivity contribution in [2.24, 2.45) is 5.92 Å². The van der Waals surface area contributed by atoms with Crippen LogP contribution in [0.25, 0.3) is 11.1 Å². The zero-order chi connectivity index (χ0) is 15.5. The molecule has 0 saturated carbocycles. The summed E-state index contributed by atoms with van der Waals surface area (Å²) in [5.41, 5.74) is 3.09. The van der Waals surface area contributed by atoms with Gasteiger partial charge in [-0.3, -0.25) is 4.79 Å². The minimum absolute atomic E-state index is 0.0131. The molecule has 1 amide bonds. The molecule has 1 aliphatic heterocycles. The van der Waals surface area contributed by atoms with Gasteiger partial charge in [-0.15, -0.1) is 0 Å². The summed E-state index contributed by atoms with van der Waals surface area (Å²) < 4.78 is 6.05. The molecule has 0 unspecified atom stereocenters. The minimum Gasteiger partial charge on any atom is -0.487 e. The van der Waals surface area contributed by atoms with Crippen LogP contribution < -0.4 is 10.1 Å². The van der Waals surface area contributed by atoms with Crippen LogP contribution in [-0.2, 0) is 11.2 Å². The van der Waals surface area contributed by atoms with Crippen LogP contribution in [0.3, 0.4) is 0 Å². The maximum atomic E-state index is 11.7. The molecule has 0 radical (unpaired) electrons. The molecule has 1 N–H and O–H groups in total. The Morgan fingerprint density at radius 1 is 1.36 bits per heavy atom. The highest BCUT2D eigenvalue weighted by molar-refractivity contribution is 5.78. The van der Waals surface area contributed by atoms with E-state index in [0.29, 0.717) is 6.54 Å². The Balaban J connectivity index is 1.75. The average Bonchev–Trinajstić information content (AvgIpc) is 2.96. The van der Waals surface area contributed by atoms with Gasteiger partial charge in [-0.05, 0) is 5.56 Å². The van der Waals surface area contributed by atoms with Crippen molar-refractivity contribution in [2.75, 3.05) is 6.54 Å². The summed E-state index contributed by atoms with van der Waals surface area (Å²) in [7, 11) is 0. The van der Waals surface area contributed by atoms with Gasteiger partial charge in [0.1, 0.15) is 18.2 Å². The van der Waals surface area contributed by atoms with Crippen LogP contribution >= 0.6 is 0 Å². The third-order valence-corrected chi connectivity index (χ3v) is 3.73. The number of nitrogens with one attached hydrogen (secondary N) is 1. The topological polar surface area (TPSA) is 64.1 Å². The van der Waals surface area contributed by atoms with Crippen molar-refractivity contribution in [1.82, 2.24) is 15.3 Å². The van der Waals surface area contributed by atoms with Gasteiger partial charge in [0.15, 0.2) is 0 Å². The van der Waals surface area contributed by atoms with Crippen LogP contribution in [0.5, 0.6) is 5.75 Å². The van der Waals surface area contributed by atoms with E-state index in [2.05, 4.69) is 21.4 Å². The highest BCUT2D eigenvalue weighted by atomic mass is 16.5. The van der Waals surface area contributed by atoms with Gasteiger partial charge >= 0.3 is 0 Å². The van der Waals surface area contributed by atoms with Crippen LogP contribution in [0, 0.1) is 5.92 Å². The van der Waals surface area contributed by atoms with Crippen molar-refractivity contribution < 1.29 is 9.53 Å². The normalized spacial score (nSPS) is 16.2. The van der Waals surface area contributed by atoms with Crippen LogP contribution in [-0.4, -0.2) is 28.5 Å². The van der Waals surface area contributed by atoms with Crippen LogP contribution in [0.2, 0.25) is 0 Å². The standard InChI is InChI=1S/C17H19N3O2/c1-11(2)17(21)20-9-14-6-12-4-3-5-15(16(12)22-14)13-7-18-10-19-8-13/h3-5,7-8,10-11,14H,6,9H2,1-2H3,(H,20,21)/t14-/m0/s1. The number of carbonyl (C=O) groups excluding carboxylic acids is 1. The van der Waals surface area contributed by atoms with Gasteiger partial charge in [-0.25, -0.2) is 9.97 Å². The van der Waals surface area contributed by atoms with Gasteiger partial charge in [0, 0.05) is 35.9 Å². The molecule has 5 nitrogen and oxygen atoms in total. The van der Waals surface area contributed by atoms with Gasteiger partial charge in [0.05, 0.1) is 6.54 Å². The summed E-state index contributed by atoms with van der Waals surface area (Å²) >= 11 is 0. The second-order valence-corrected chi connectivity index (χ2v) is 5.76. The van der Waals surface area contributed by atoms with Crippen molar-refractivity contribution in [1.29, 1.82) is 0 Å². The van der Waals surface area contributed by atoms with E-state index in [4.69, 9.17) is 4.74 Å². The molecular formula is C17H19N3O2. The molecular weight excluding hydrogens is 278 g/mol. The molecule has 0 bridgehead atoms. The number of amides is 1. The number of hydrogen-bond donors (Lipinski definition) is 1. The first-order chi connectivity index (χ1) is 10.6. The number of nitrogens with zero attached hydrogens (tertiary/aromatic N) is 2. The van der Waals surface area contributed by atoms with Crippen LogP contribution in [0.1, 0.15) is 19.4 Å². The summed E-state index contributed by atoms with van der Waals surface area (Å²) in [6, 6.07) is 6.08. The molecule has 0 saturated heterocycles. The summed E-state index contributed by atoms with van der Waals surface area (Å²) in [4.78, 5) is 19.8. The lowest BCUT2D eigenvalue weighted by Crippen LogP contribution is -2.36. The van der Waals surface area contributed by atoms with E-state index in [0.717, 1.165) is 28.9 Å². The Morgan fingerprint density at radius 3 is 2.86 bits per heavy atom. The predicted molar refractivity (Wildman–Crippen MR) is 83.4 cm³/mol. The zero-order valence-electron chi connectivity index (χ0n) is 12.7. The molecule has 0 aliphatic carbocycles. The van der Waals surface area contributed by atoms with E-state index in [-0.39, 0.29) is 17.9 Å². The van der Waals surface area contributed by atoms with Gasteiger partial charge in [0.25, 0.3) is 0 Å². The lowest BCUT2D eigenvalue weighted by Gasteiger charge is -2.14. The van der Waals surface area contributed by atoms with Crippen molar-refractivity contribution in [3.8, 4) is 16.9 Å².